The van der Waals surface area contributed by atoms with Gasteiger partial charge in [0, 0.05) is 30.7 Å². The molecule has 17 heavy (non-hydrogen) atoms. The highest BCUT2D eigenvalue weighted by atomic mass is 32.2. The van der Waals surface area contributed by atoms with Gasteiger partial charge in [0.25, 0.3) is 0 Å². The summed E-state index contributed by atoms with van der Waals surface area (Å²) in [5.41, 5.74) is 0.497. The summed E-state index contributed by atoms with van der Waals surface area (Å²) < 4.78 is 17.7. The van der Waals surface area contributed by atoms with E-state index in [0.29, 0.717) is 18.7 Å². The molecule has 0 spiro atoms. The molecule has 0 radical (unpaired) electrons. The van der Waals surface area contributed by atoms with Gasteiger partial charge in [-0.2, -0.15) is 11.8 Å². The molecule has 0 heterocycles. The van der Waals surface area contributed by atoms with Crippen LogP contribution in [0.4, 0.5) is 10.1 Å². The van der Waals surface area contributed by atoms with Gasteiger partial charge in [-0.3, -0.25) is 4.79 Å². The highest BCUT2D eigenvalue weighted by Crippen LogP contribution is 2.10. The molecule has 0 bridgehead atoms. The standard InChI is InChI=1S/C12H16FNO2S/c1-16-6-8-17-7-5-12(15)14-11-4-2-3-10(13)9-11/h2-4,9H,5-8H2,1H3,(H,14,15). The highest BCUT2D eigenvalue weighted by molar-refractivity contribution is 7.99. The first-order valence-corrected chi connectivity index (χ1v) is 6.50. The third kappa shape index (κ3) is 6.28. The molecule has 0 unspecified atom stereocenters. The van der Waals surface area contributed by atoms with Crippen LogP contribution in [-0.4, -0.2) is 31.1 Å². The van der Waals surface area contributed by atoms with Crippen LogP contribution in [0.1, 0.15) is 6.42 Å². The van der Waals surface area contributed by atoms with Gasteiger partial charge in [-0.1, -0.05) is 6.07 Å². The molecular weight excluding hydrogens is 241 g/mol. The fraction of sp³-hybridized carbons (Fsp3) is 0.417. The third-order valence-electron chi connectivity index (χ3n) is 2.01. The van der Waals surface area contributed by atoms with Gasteiger partial charge in [0.2, 0.25) is 5.91 Å². The van der Waals surface area contributed by atoms with Crippen molar-refractivity contribution < 1.29 is 13.9 Å². The molecule has 0 aliphatic rings. The van der Waals surface area contributed by atoms with Gasteiger partial charge in [-0.05, 0) is 18.2 Å². The molecule has 0 fully saturated rings. The maximum Gasteiger partial charge on any atom is 0.225 e. The quantitative estimate of drug-likeness (QED) is 0.763. The molecule has 1 aromatic carbocycles. The molecular formula is C12H16FNO2S. The first-order chi connectivity index (χ1) is 8.22. The molecule has 1 rings (SSSR count). The lowest BCUT2D eigenvalue weighted by molar-refractivity contribution is -0.115. The summed E-state index contributed by atoms with van der Waals surface area (Å²) in [6.07, 6.45) is 0.422. The van der Waals surface area contributed by atoms with Crippen LogP contribution in [0.2, 0.25) is 0 Å². The second kappa shape index (κ2) is 8.08. The molecule has 1 N–H and O–H groups in total. The minimum absolute atomic E-state index is 0.0967. The number of rotatable bonds is 7. The van der Waals surface area contributed by atoms with Crippen molar-refractivity contribution in [3.8, 4) is 0 Å². The van der Waals surface area contributed by atoms with E-state index in [9.17, 15) is 9.18 Å². The predicted octanol–water partition coefficient (Wildman–Crippen LogP) is 2.53. The Morgan fingerprint density at radius 1 is 1.47 bits per heavy atom. The van der Waals surface area contributed by atoms with Gasteiger partial charge < -0.3 is 10.1 Å². The number of benzene rings is 1. The topological polar surface area (TPSA) is 38.3 Å². The van der Waals surface area contributed by atoms with Crippen molar-refractivity contribution in [3.63, 3.8) is 0 Å². The molecule has 1 aromatic rings. The van der Waals surface area contributed by atoms with E-state index in [4.69, 9.17) is 4.74 Å². The molecule has 0 aliphatic carbocycles. The molecule has 5 heteroatoms. The number of carbonyl (C=O) groups excluding carboxylic acids is 1. The average Bonchev–Trinajstić information content (AvgIpc) is 2.29. The number of nitrogens with one attached hydrogen (secondary N) is 1. The minimum atomic E-state index is -0.350. The van der Waals surface area contributed by atoms with Crippen LogP contribution in [0.3, 0.4) is 0 Å². The van der Waals surface area contributed by atoms with Crippen molar-refractivity contribution in [1.29, 1.82) is 0 Å². The molecule has 0 atom stereocenters. The normalized spacial score (nSPS) is 10.2. The van der Waals surface area contributed by atoms with E-state index < -0.39 is 0 Å². The van der Waals surface area contributed by atoms with E-state index in [1.165, 1.54) is 12.1 Å². The molecule has 3 nitrogen and oxygen atoms in total. The van der Waals surface area contributed by atoms with E-state index in [0.717, 1.165) is 11.5 Å². The molecule has 0 aliphatic heterocycles. The number of amides is 1. The first-order valence-electron chi connectivity index (χ1n) is 5.34. The van der Waals surface area contributed by atoms with E-state index in [2.05, 4.69) is 5.32 Å². The lowest BCUT2D eigenvalue weighted by Crippen LogP contribution is -2.12. The lowest BCUT2D eigenvalue weighted by atomic mass is 10.3. The Morgan fingerprint density at radius 2 is 2.29 bits per heavy atom. The lowest BCUT2D eigenvalue weighted by Gasteiger charge is -2.05. The van der Waals surface area contributed by atoms with Gasteiger partial charge >= 0.3 is 0 Å². The Balaban J connectivity index is 2.21. The predicted molar refractivity (Wildman–Crippen MR) is 68.8 cm³/mol. The van der Waals surface area contributed by atoms with E-state index in [-0.39, 0.29) is 11.7 Å². The fourth-order valence-electron chi connectivity index (χ4n) is 1.20. The number of hydrogen-bond acceptors (Lipinski definition) is 3. The molecule has 0 saturated heterocycles. The third-order valence-corrected chi connectivity index (χ3v) is 2.96. The first kappa shape index (κ1) is 14.0. The zero-order valence-electron chi connectivity index (χ0n) is 9.74. The van der Waals surface area contributed by atoms with Crippen LogP contribution in [0, 0.1) is 5.82 Å². The zero-order chi connectivity index (χ0) is 12.5. The molecule has 1 amide bonds. The van der Waals surface area contributed by atoms with Crippen molar-refractivity contribution in [2.75, 3.05) is 30.5 Å². The Hall–Kier alpha value is -1.07. The van der Waals surface area contributed by atoms with Crippen molar-refractivity contribution in [2.45, 2.75) is 6.42 Å². The number of thioether (sulfide) groups is 1. The van der Waals surface area contributed by atoms with Gasteiger partial charge in [0.1, 0.15) is 5.82 Å². The van der Waals surface area contributed by atoms with Crippen LogP contribution < -0.4 is 5.32 Å². The Labute approximate surface area is 105 Å². The number of carbonyl (C=O) groups is 1. The number of hydrogen-bond donors (Lipinski definition) is 1. The second-order valence-electron chi connectivity index (χ2n) is 3.41. The molecule has 0 aromatic heterocycles. The number of methoxy groups -OCH3 is 1. The Bertz CT molecular complexity index is 360. The second-order valence-corrected chi connectivity index (χ2v) is 4.64. The van der Waals surface area contributed by atoms with E-state index >= 15 is 0 Å². The van der Waals surface area contributed by atoms with Crippen molar-refractivity contribution in [1.82, 2.24) is 0 Å². The smallest absolute Gasteiger partial charge is 0.225 e. The van der Waals surface area contributed by atoms with Gasteiger partial charge in [-0.15, -0.1) is 0 Å². The SMILES string of the molecule is COCCSCCC(=O)Nc1cccc(F)c1. The summed E-state index contributed by atoms with van der Waals surface area (Å²) in [6, 6.07) is 5.88. The van der Waals surface area contributed by atoms with Crippen molar-refractivity contribution in [2.24, 2.45) is 0 Å². The minimum Gasteiger partial charge on any atom is -0.384 e. The van der Waals surface area contributed by atoms with Crippen LogP contribution in [-0.2, 0) is 9.53 Å². The van der Waals surface area contributed by atoms with Crippen molar-refractivity contribution in [3.05, 3.63) is 30.1 Å². The Morgan fingerprint density at radius 3 is 3.00 bits per heavy atom. The van der Waals surface area contributed by atoms with Crippen LogP contribution in [0.25, 0.3) is 0 Å². The maximum absolute atomic E-state index is 12.8. The number of ether oxygens (including phenoxy) is 1. The van der Waals surface area contributed by atoms with Gasteiger partial charge in [-0.25, -0.2) is 4.39 Å². The summed E-state index contributed by atoms with van der Waals surface area (Å²) in [7, 11) is 1.65. The van der Waals surface area contributed by atoms with Gasteiger partial charge in [0.05, 0.1) is 6.61 Å². The molecule has 0 saturated carbocycles. The Kier molecular flexibility index (Phi) is 6.65. The maximum atomic E-state index is 12.8. The van der Waals surface area contributed by atoms with E-state index in [1.54, 1.807) is 31.0 Å². The monoisotopic (exact) mass is 257 g/mol. The van der Waals surface area contributed by atoms with Gasteiger partial charge in [0.15, 0.2) is 0 Å². The highest BCUT2D eigenvalue weighted by Gasteiger charge is 2.02. The van der Waals surface area contributed by atoms with Crippen LogP contribution in [0.5, 0.6) is 0 Å². The summed E-state index contributed by atoms with van der Waals surface area (Å²) in [4.78, 5) is 11.5. The molecule has 94 valence electrons. The summed E-state index contributed by atoms with van der Waals surface area (Å²) >= 11 is 1.66. The summed E-state index contributed by atoms with van der Waals surface area (Å²) in [6.45, 7) is 0.691. The van der Waals surface area contributed by atoms with Crippen LogP contribution >= 0.6 is 11.8 Å². The number of halogens is 1. The largest absolute Gasteiger partial charge is 0.384 e. The van der Waals surface area contributed by atoms with Crippen molar-refractivity contribution >= 4 is 23.4 Å². The summed E-state index contributed by atoms with van der Waals surface area (Å²) in [5.74, 6) is 1.17. The average molecular weight is 257 g/mol. The van der Waals surface area contributed by atoms with Crippen LogP contribution in [0.15, 0.2) is 24.3 Å². The zero-order valence-corrected chi connectivity index (χ0v) is 10.6. The summed E-state index contributed by atoms with van der Waals surface area (Å²) in [5, 5.41) is 2.65. The number of anilines is 1. The van der Waals surface area contributed by atoms with E-state index in [1.807, 2.05) is 0 Å². The fourth-order valence-corrected chi connectivity index (χ4v) is 2.02.